The Morgan fingerprint density at radius 1 is 1.30 bits per heavy atom. The topological polar surface area (TPSA) is 81.0 Å². The van der Waals surface area contributed by atoms with Crippen LogP contribution in [0.15, 0.2) is 23.2 Å². The number of aryl methyl sites for hydroxylation is 1. The summed E-state index contributed by atoms with van der Waals surface area (Å²) in [5, 5.41) is 0. The van der Waals surface area contributed by atoms with E-state index in [1.165, 1.54) is 29.5 Å². The van der Waals surface area contributed by atoms with Gasteiger partial charge < -0.3 is 14.2 Å². The molecule has 2 amide bonds. The van der Waals surface area contributed by atoms with Crippen LogP contribution < -0.4 is 4.80 Å². The monoisotopic (exact) mass is 449 g/mol. The maximum atomic E-state index is 12.3. The van der Waals surface area contributed by atoms with E-state index < -0.39 is 0 Å². The van der Waals surface area contributed by atoms with E-state index >= 15 is 0 Å². The summed E-state index contributed by atoms with van der Waals surface area (Å²) in [6.45, 7) is 5.87. The molecule has 1 aromatic carbocycles. The van der Waals surface area contributed by atoms with Crippen molar-refractivity contribution in [2.45, 2.75) is 26.7 Å². The lowest BCUT2D eigenvalue weighted by Crippen LogP contribution is -2.40. The smallest absolute Gasteiger partial charge is 0.338 e. The van der Waals surface area contributed by atoms with Crippen LogP contribution in [0.3, 0.4) is 0 Å². The van der Waals surface area contributed by atoms with Crippen molar-refractivity contribution in [3.63, 3.8) is 0 Å². The molecule has 162 valence electrons. The quantitative estimate of drug-likeness (QED) is 0.634. The number of fused-ring (bicyclic) bond motifs is 1. The molecular formula is C21H27N3O4S2. The van der Waals surface area contributed by atoms with Crippen molar-refractivity contribution in [2.24, 2.45) is 18.0 Å². The maximum absolute atomic E-state index is 12.3. The summed E-state index contributed by atoms with van der Waals surface area (Å²) >= 11 is 2.66. The number of hydrogen-bond acceptors (Lipinski definition) is 6. The molecule has 0 N–H and O–H groups in total. The number of ether oxygens (including phenoxy) is 1. The zero-order valence-corrected chi connectivity index (χ0v) is 19.2. The van der Waals surface area contributed by atoms with Gasteiger partial charge in [-0.1, -0.05) is 18.3 Å². The number of thioether (sulfide) groups is 1. The van der Waals surface area contributed by atoms with Crippen molar-refractivity contribution in [1.82, 2.24) is 9.47 Å². The number of carbonyl (C=O) groups is 3. The molecule has 0 saturated carbocycles. The second kappa shape index (κ2) is 10.3. The first-order chi connectivity index (χ1) is 14.4. The summed E-state index contributed by atoms with van der Waals surface area (Å²) in [5.74, 6) is 0.467. The van der Waals surface area contributed by atoms with Gasteiger partial charge in [-0.3, -0.25) is 9.59 Å². The van der Waals surface area contributed by atoms with Gasteiger partial charge in [0.15, 0.2) is 4.80 Å². The van der Waals surface area contributed by atoms with Crippen molar-refractivity contribution < 1.29 is 19.1 Å². The highest BCUT2D eigenvalue weighted by Crippen LogP contribution is 2.19. The van der Waals surface area contributed by atoms with Crippen LogP contribution >= 0.6 is 23.1 Å². The molecule has 0 spiro atoms. The number of rotatable bonds is 6. The molecule has 2 aromatic rings. The Balaban J connectivity index is 1.62. The average Bonchev–Trinajstić information content (AvgIpc) is 3.02. The first kappa shape index (κ1) is 22.6. The van der Waals surface area contributed by atoms with E-state index in [-0.39, 0.29) is 23.5 Å². The number of benzene rings is 1. The van der Waals surface area contributed by atoms with Crippen molar-refractivity contribution in [2.75, 3.05) is 31.2 Å². The van der Waals surface area contributed by atoms with E-state index in [9.17, 15) is 14.4 Å². The molecule has 3 rings (SSSR count). The second-order valence-corrected chi connectivity index (χ2v) is 9.43. The second-order valence-electron chi connectivity index (χ2n) is 7.43. The lowest BCUT2D eigenvalue weighted by atomic mass is 10.0. The molecule has 30 heavy (non-hydrogen) atoms. The minimum absolute atomic E-state index is 0.0956. The van der Waals surface area contributed by atoms with Gasteiger partial charge in [-0.05, 0) is 43.9 Å². The van der Waals surface area contributed by atoms with Crippen LogP contribution in [0.25, 0.3) is 10.2 Å². The first-order valence-corrected chi connectivity index (χ1v) is 12.1. The standard InChI is InChI=1S/C21H27N3O4S2/c1-4-28-20(27)15-7-8-16-17(10-15)30-21(23(16)3)22-18(25)12-29-13-19(26)24-9-5-6-14(2)11-24/h7-8,10,14H,4-6,9,11-13H2,1-3H3. The molecule has 7 nitrogen and oxygen atoms in total. The minimum Gasteiger partial charge on any atom is -0.462 e. The lowest BCUT2D eigenvalue weighted by Gasteiger charge is -2.30. The fourth-order valence-electron chi connectivity index (χ4n) is 3.45. The number of carbonyl (C=O) groups excluding carboxylic acids is 3. The minimum atomic E-state index is -0.366. The van der Waals surface area contributed by atoms with Crippen molar-refractivity contribution in [3.8, 4) is 0 Å². The zero-order valence-electron chi connectivity index (χ0n) is 17.6. The predicted molar refractivity (Wildman–Crippen MR) is 120 cm³/mol. The molecule has 2 heterocycles. The number of hydrogen-bond donors (Lipinski definition) is 0. The van der Waals surface area contributed by atoms with Crippen LogP contribution in [0.1, 0.15) is 37.0 Å². The highest BCUT2D eigenvalue weighted by molar-refractivity contribution is 8.00. The van der Waals surface area contributed by atoms with Gasteiger partial charge in [0, 0.05) is 20.1 Å². The van der Waals surface area contributed by atoms with Crippen molar-refractivity contribution >= 4 is 51.1 Å². The van der Waals surface area contributed by atoms with Crippen LogP contribution in [0.5, 0.6) is 0 Å². The Hall–Kier alpha value is -2.13. The predicted octanol–water partition coefficient (Wildman–Crippen LogP) is 2.84. The van der Waals surface area contributed by atoms with Crippen LogP contribution in [0.4, 0.5) is 0 Å². The summed E-state index contributed by atoms with van der Waals surface area (Å²) in [6.07, 6.45) is 2.22. The van der Waals surface area contributed by atoms with Gasteiger partial charge in [0.2, 0.25) is 5.91 Å². The van der Waals surface area contributed by atoms with E-state index in [0.29, 0.717) is 28.6 Å². The van der Waals surface area contributed by atoms with Crippen LogP contribution in [0, 0.1) is 5.92 Å². The van der Waals surface area contributed by atoms with Gasteiger partial charge in [0.1, 0.15) is 0 Å². The number of amides is 2. The number of nitrogens with zero attached hydrogens (tertiary/aromatic N) is 3. The number of esters is 1. The average molecular weight is 450 g/mol. The Morgan fingerprint density at radius 2 is 2.10 bits per heavy atom. The van der Waals surface area contributed by atoms with E-state index in [0.717, 1.165) is 29.7 Å². The number of piperidine rings is 1. The lowest BCUT2D eigenvalue weighted by molar-refractivity contribution is -0.130. The van der Waals surface area contributed by atoms with Crippen LogP contribution in [-0.2, 0) is 21.4 Å². The fourth-order valence-corrected chi connectivity index (χ4v) is 5.23. The van der Waals surface area contributed by atoms with Crippen LogP contribution in [-0.4, -0.2) is 58.5 Å². The summed E-state index contributed by atoms with van der Waals surface area (Å²) < 4.78 is 7.73. The molecule has 1 aromatic heterocycles. The highest BCUT2D eigenvalue weighted by atomic mass is 32.2. The Kier molecular flexibility index (Phi) is 7.71. The molecule has 0 aliphatic carbocycles. The molecule has 1 atom stereocenters. The molecular weight excluding hydrogens is 422 g/mol. The summed E-state index contributed by atoms with van der Waals surface area (Å²) in [7, 11) is 1.84. The van der Waals surface area contributed by atoms with Crippen LogP contribution in [0.2, 0.25) is 0 Å². The molecule has 1 aliphatic rings. The third-order valence-electron chi connectivity index (χ3n) is 5.00. The van der Waals surface area contributed by atoms with E-state index in [2.05, 4.69) is 11.9 Å². The van der Waals surface area contributed by atoms with Gasteiger partial charge in [-0.25, -0.2) is 4.79 Å². The number of likely N-dealkylation sites (tertiary alicyclic amines) is 1. The third kappa shape index (κ3) is 5.51. The molecule has 0 bridgehead atoms. The normalized spacial score (nSPS) is 17.4. The molecule has 1 fully saturated rings. The molecule has 1 aliphatic heterocycles. The largest absolute Gasteiger partial charge is 0.462 e. The van der Waals surface area contributed by atoms with Crippen molar-refractivity contribution in [1.29, 1.82) is 0 Å². The maximum Gasteiger partial charge on any atom is 0.338 e. The number of aromatic nitrogens is 1. The molecule has 1 unspecified atom stereocenters. The third-order valence-corrected chi connectivity index (χ3v) is 7.00. The van der Waals surface area contributed by atoms with E-state index in [1.807, 2.05) is 22.6 Å². The van der Waals surface area contributed by atoms with Crippen molar-refractivity contribution in [3.05, 3.63) is 28.6 Å². The fraction of sp³-hybridized carbons (Fsp3) is 0.524. The zero-order chi connectivity index (χ0) is 21.7. The SMILES string of the molecule is CCOC(=O)c1ccc2c(c1)sc(=NC(=O)CSCC(=O)N1CCCC(C)C1)n2C. The molecule has 0 radical (unpaired) electrons. The van der Waals surface area contributed by atoms with Gasteiger partial charge >= 0.3 is 5.97 Å². The van der Waals surface area contributed by atoms with Gasteiger partial charge in [0.25, 0.3) is 5.91 Å². The van der Waals surface area contributed by atoms with Gasteiger partial charge in [-0.15, -0.1) is 11.8 Å². The van der Waals surface area contributed by atoms with E-state index in [4.69, 9.17) is 4.74 Å². The summed E-state index contributed by atoms with van der Waals surface area (Å²) in [6, 6.07) is 5.30. The Bertz CT molecular complexity index is 1010. The van der Waals surface area contributed by atoms with Gasteiger partial charge in [0.05, 0.1) is 33.9 Å². The number of thiazole rings is 1. The summed E-state index contributed by atoms with van der Waals surface area (Å²) in [4.78, 5) is 43.2. The molecule has 1 saturated heterocycles. The first-order valence-electron chi connectivity index (χ1n) is 10.1. The highest BCUT2D eigenvalue weighted by Gasteiger charge is 2.20. The summed E-state index contributed by atoms with van der Waals surface area (Å²) in [5.41, 5.74) is 1.37. The molecule has 9 heteroatoms. The Morgan fingerprint density at radius 3 is 2.83 bits per heavy atom. The Labute approximate surface area is 184 Å². The van der Waals surface area contributed by atoms with Gasteiger partial charge in [-0.2, -0.15) is 4.99 Å². The van der Waals surface area contributed by atoms with E-state index in [1.54, 1.807) is 19.1 Å².